The van der Waals surface area contributed by atoms with Crippen molar-refractivity contribution in [1.82, 2.24) is 10.6 Å². The van der Waals surface area contributed by atoms with Crippen LogP contribution < -0.4 is 10.6 Å². The highest BCUT2D eigenvalue weighted by Gasteiger charge is 2.36. The van der Waals surface area contributed by atoms with Gasteiger partial charge in [0.05, 0.1) is 0 Å². The lowest BCUT2D eigenvalue weighted by molar-refractivity contribution is 0.334. The van der Waals surface area contributed by atoms with Crippen LogP contribution in [0.2, 0.25) is 0 Å². The molecular weight excluding hydrogens is 120 g/mol. The molecule has 0 radical (unpaired) electrons. The summed E-state index contributed by atoms with van der Waals surface area (Å²) in [7, 11) is 0. The van der Waals surface area contributed by atoms with Crippen LogP contribution in [0.15, 0.2) is 0 Å². The highest BCUT2D eigenvalue weighted by molar-refractivity contribution is 7.80. The van der Waals surface area contributed by atoms with Crippen LogP contribution >= 0.6 is 12.2 Å². The molecule has 2 rings (SSSR count). The van der Waals surface area contributed by atoms with Crippen LogP contribution in [0.5, 0.6) is 0 Å². The van der Waals surface area contributed by atoms with E-state index in [-0.39, 0.29) is 0 Å². The van der Waals surface area contributed by atoms with E-state index < -0.39 is 0 Å². The third-order valence-corrected chi connectivity index (χ3v) is 2.14. The molecule has 0 amide bonds. The van der Waals surface area contributed by atoms with Crippen LogP contribution in [-0.2, 0) is 0 Å². The van der Waals surface area contributed by atoms with Crippen molar-refractivity contribution < 1.29 is 0 Å². The van der Waals surface area contributed by atoms with Crippen LogP contribution in [0.4, 0.5) is 0 Å². The smallest absolute Gasteiger partial charge is 0.166 e. The van der Waals surface area contributed by atoms with E-state index in [4.69, 9.17) is 12.2 Å². The molecule has 2 N–H and O–H groups in total. The molecule has 2 fully saturated rings. The number of hydrogen-bond donors (Lipinski definition) is 2. The first-order valence-electron chi connectivity index (χ1n) is 2.93. The first-order valence-corrected chi connectivity index (χ1v) is 3.34. The van der Waals surface area contributed by atoms with Crippen LogP contribution in [0.3, 0.4) is 0 Å². The lowest BCUT2D eigenvalue weighted by Crippen LogP contribution is -2.42. The van der Waals surface area contributed by atoms with Gasteiger partial charge in [-0.25, -0.2) is 0 Å². The van der Waals surface area contributed by atoms with Gasteiger partial charge in [-0.1, -0.05) is 0 Å². The molecule has 3 heteroatoms. The summed E-state index contributed by atoms with van der Waals surface area (Å²) in [6.07, 6.45) is 2.58. The number of fused-ring (bicyclic) bond motifs is 1. The van der Waals surface area contributed by atoms with Gasteiger partial charge in [0.25, 0.3) is 0 Å². The summed E-state index contributed by atoms with van der Waals surface area (Å²) < 4.78 is 0. The third-order valence-electron chi connectivity index (χ3n) is 1.91. The topological polar surface area (TPSA) is 24.1 Å². The Morgan fingerprint density at radius 1 is 1.25 bits per heavy atom. The van der Waals surface area contributed by atoms with Crippen LogP contribution in [0, 0.1) is 0 Å². The predicted octanol–water partition coefficient (Wildman–Crippen LogP) is -0.00490. The van der Waals surface area contributed by atoms with E-state index in [1.54, 1.807) is 0 Å². The van der Waals surface area contributed by atoms with Gasteiger partial charge >= 0.3 is 0 Å². The zero-order valence-corrected chi connectivity index (χ0v) is 5.29. The molecule has 0 bridgehead atoms. The summed E-state index contributed by atoms with van der Waals surface area (Å²) in [6, 6.07) is 1.34. The Balaban J connectivity index is 2.10. The summed E-state index contributed by atoms with van der Waals surface area (Å²) in [6.45, 7) is 0. The van der Waals surface area contributed by atoms with Gasteiger partial charge in [0, 0.05) is 12.1 Å². The van der Waals surface area contributed by atoms with Gasteiger partial charge in [0.2, 0.25) is 0 Å². The summed E-state index contributed by atoms with van der Waals surface area (Å²) >= 11 is 4.89. The lowest BCUT2D eigenvalue weighted by atomic mass is 9.88. The molecule has 1 saturated heterocycles. The van der Waals surface area contributed by atoms with E-state index in [2.05, 4.69) is 10.6 Å². The molecule has 1 heterocycles. The van der Waals surface area contributed by atoms with Crippen molar-refractivity contribution in [2.45, 2.75) is 24.9 Å². The minimum atomic E-state index is 0.669. The molecule has 0 aromatic heterocycles. The molecule has 2 unspecified atom stereocenters. The van der Waals surface area contributed by atoms with Crippen molar-refractivity contribution in [2.24, 2.45) is 0 Å². The largest absolute Gasteiger partial charge is 0.358 e. The normalized spacial score (nSPS) is 41.8. The van der Waals surface area contributed by atoms with Gasteiger partial charge in [-0.15, -0.1) is 0 Å². The average molecular weight is 128 g/mol. The van der Waals surface area contributed by atoms with Gasteiger partial charge < -0.3 is 10.6 Å². The molecule has 8 heavy (non-hydrogen) atoms. The molecule has 2 nitrogen and oxygen atoms in total. The standard InChI is InChI=1S/C5H8N2S/c8-5-6-3-1-2-4(3)7-5/h3-4H,1-2H2,(H2,6,7,8). The van der Waals surface area contributed by atoms with Crippen molar-refractivity contribution in [3.8, 4) is 0 Å². The summed E-state index contributed by atoms with van der Waals surface area (Å²) in [4.78, 5) is 0. The van der Waals surface area contributed by atoms with Crippen LogP contribution in [-0.4, -0.2) is 17.2 Å². The molecule has 1 saturated carbocycles. The van der Waals surface area contributed by atoms with Crippen molar-refractivity contribution >= 4 is 17.3 Å². The Bertz CT molecular complexity index is 120. The Morgan fingerprint density at radius 2 is 1.75 bits per heavy atom. The van der Waals surface area contributed by atoms with E-state index >= 15 is 0 Å². The van der Waals surface area contributed by atoms with E-state index in [1.807, 2.05) is 0 Å². The van der Waals surface area contributed by atoms with E-state index in [0.717, 1.165) is 5.11 Å². The minimum absolute atomic E-state index is 0.669. The number of thiocarbonyl (C=S) groups is 1. The van der Waals surface area contributed by atoms with E-state index in [0.29, 0.717) is 12.1 Å². The average Bonchev–Trinajstić information content (AvgIpc) is 1.91. The van der Waals surface area contributed by atoms with Gasteiger partial charge in [-0.3, -0.25) is 0 Å². The first kappa shape index (κ1) is 4.56. The van der Waals surface area contributed by atoms with Crippen LogP contribution in [0.1, 0.15) is 12.8 Å². The number of nitrogens with one attached hydrogen (secondary N) is 2. The number of hydrogen-bond acceptors (Lipinski definition) is 1. The van der Waals surface area contributed by atoms with Gasteiger partial charge in [0.1, 0.15) is 0 Å². The lowest BCUT2D eigenvalue weighted by Gasteiger charge is -2.27. The zero-order valence-electron chi connectivity index (χ0n) is 4.48. The fraction of sp³-hybridized carbons (Fsp3) is 0.800. The SMILES string of the molecule is S=C1NC2CCC2N1. The zero-order chi connectivity index (χ0) is 5.56. The molecule has 1 aliphatic heterocycles. The van der Waals surface area contributed by atoms with Crippen molar-refractivity contribution in [3.05, 3.63) is 0 Å². The maximum atomic E-state index is 4.89. The van der Waals surface area contributed by atoms with Gasteiger partial charge in [-0.05, 0) is 25.1 Å². The fourth-order valence-corrected chi connectivity index (χ4v) is 1.53. The molecule has 44 valence electrons. The second-order valence-corrected chi connectivity index (χ2v) is 2.82. The second-order valence-electron chi connectivity index (χ2n) is 2.41. The summed E-state index contributed by atoms with van der Waals surface area (Å²) in [5, 5.41) is 7.19. The van der Waals surface area contributed by atoms with Gasteiger partial charge in [-0.2, -0.15) is 0 Å². The molecule has 2 aliphatic rings. The maximum absolute atomic E-state index is 4.89. The fourth-order valence-electron chi connectivity index (χ4n) is 1.22. The highest BCUT2D eigenvalue weighted by Crippen LogP contribution is 2.22. The monoisotopic (exact) mass is 128 g/mol. The summed E-state index contributed by atoms with van der Waals surface area (Å²) in [5.41, 5.74) is 0. The minimum Gasteiger partial charge on any atom is -0.358 e. The van der Waals surface area contributed by atoms with E-state index in [9.17, 15) is 0 Å². The Hall–Kier alpha value is -0.310. The molecule has 0 spiro atoms. The van der Waals surface area contributed by atoms with Crippen LogP contribution in [0.25, 0.3) is 0 Å². The van der Waals surface area contributed by atoms with E-state index in [1.165, 1.54) is 12.8 Å². The predicted molar refractivity (Wildman–Crippen MR) is 35.7 cm³/mol. The molecule has 0 aromatic rings. The second kappa shape index (κ2) is 1.35. The van der Waals surface area contributed by atoms with Crippen molar-refractivity contribution in [3.63, 3.8) is 0 Å². The number of rotatable bonds is 0. The Morgan fingerprint density at radius 3 is 2.00 bits per heavy atom. The molecule has 2 atom stereocenters. The molecule has 1 aliphatic carbocycles. The Labute approximate surface area is 53.6 Å². The third kappa shape index (κ3) is 0.449. The van der Waals surface area contributed by atoms with Crippen molar-refractivity contribution in [1.29, 1.82) is 0 Å². The summed E-state index contributed by atoms with van der Waals surface area (Å²) in [5.74, 6) is 0. The van der Waals surface area contributed by atoms with Gasteiger partial charge in [0.15, 0.2) is 5.11 Å². The Kier molecular flexibility index (Phi) is 0.766. The molecular formula is C5H8N2S. The maximum Gasteiger partial charge on any atom is 0.166 e. The quantitative estimate of drug-likeness (QED) is 0.449. The molecule has 0 aromatic carbocycles. The highest BCUT2D eigenvalue weighted by atomic mass is 32.1. The first-order chi connectivity index (χ1) is 3.86. The van der Waals surface area contributed by atoms with Crippen molar-refractivity contribution in [2.75, 3.05) is 0 Å².